The third-order valence-corrected chi connectivity index (χ3v) is 2.58. The number of rotatable bonds is 2. The second-order valence-electron chi connectivity index (χ2n) is 4.10. The predicted molar refractivity (Wildman–Crippen MR) is 67.2 cm³/mol. The summed E-state index contributed by atoms with van der Waals surface area (Å²) in [6.45, 7) is 1.72. The SMILES string of the molecule is Cc1ccc(NC(=O)c2ccc(F)cc2O)c(F)c1. The van der Waals surface area contributed by atoms with Crippen LogP contribution in [0.2, 0.25) is 0 Å². The Hall–Kier alpha value is -2.43. The van der Waals surface area contributed by atoms with Crippen LogP contribution >= 0.6 is 0 Å². The minimum Gasteiger partial charge on any atom is -0.507 e. The Balaban J connectivity index is 2.25. The first-order valence-corrected chi connectivity index (χ1v) is 5.53. The number of nitrogens with one attached hydrogen (secondary N) is 1. The molecule has 2 N–H and O–H groups in total. The second kappa shape index (κ2) is 5.06. The predicted octanol–water partition coefficient (Wildman–Crippen LogP) is 3.23. The third kappa shape index (κ3) is 2.88. The molecule has 0 atom stereocenters. The number of hydrogen-bond acceptors (Lipinski definition) is 2. The summed E-state index contributed by atoms with van der Waals surface area (Å²) in [7, 11) is 0. The molecule has 0 spiro atoms. The van der Waals surface area contributed by atoms with Gasteiger partial charge in [-0.2, -0.15) is 0 Å². The van der Waals surface area contributed by atoms with Gasteiger partial charge in [0.05, 0.1) is 11.3 Å². The van der Waals surface area contributed by atoms with Crippen molar-refractivity contribution in [1.82, 2.24) is 0 Å². The average Bonchev–Trinajstić information content (AvgIpc) is 2.32. The van der Waals surface area contributed by atoms with Gasteiger partial charge in [-0.15, -0.1) is 0 Å². The van der Waals surface area contributed by atoms with Crippen LogP contribution in [0.25, 0.3) is 0 Å². The van der Waals surface area contributed by atoms with E-state index in [1.807, 2.05) is 0 Å². The number of carbonyl (C=O) groups excluding carboxylic acids is 1. The smallest absolute Gasteiger partial charge is 0.259 e. The molecule has 0 heterocycles. The molecule has 19 heavy (non-hydrogen) atoms. The van der Waals surface area contributed by atoms with Crippen molar-refractivity contribution in [3.63, 3.8) is 0 Å². The molecule has 0 fully saturated rings. The van der Waals surface area contributed by atoms with Crippen molar-refractivity contribution in [2.75, 3.05) is 5.32 Å². The monoisotopic (exact) mass is 263 g/mol. The highest BCUT2D eigenvalue weighted by Crippen LogP contribution is 2.21. The number of halogens is 2. The highest BCUT2D eigenvalue weighted by atomic mass is 19.1. The first-order chi connectivity index (χ1) is 8.97. The number of aryl methyl sites for hydroxylation is 1. The van der Waals surface area contributed by atoms with E-state index < -0.39 is 23.3 Å². The molecule has 0 aliphatic heterocycles. The molecule has 0 bridgehead atoms. The van der Waals surface area contributed by atoms with Gasteiger partial charge >= 0.3 is 0 Å². The van der Waals surface area contributed by atoms with Gasteiger partial charge < -0.3 is 10.4 Å². The minimum atomic E-state index is -0.708. The molecule has 2 rings (SSSR count). The molecule has 0 aliphatic carbocycles. The van der Waals surface area contributed by atoms with Gasteiger partial charge in [-0.1, -0.05) is 6.07 Å². The van der Waals surface area contributed by atoms with Crippen LogP contribution in [0, 0.1) is 18.6 Å². The lowest BCUT2D eigenvalue weighted by Gasteiger charge is -2.08. The maximum Gasteiger partial charge on any atom is 0.259 e. The molecule has 0 aromatic heterocycles. The van der Waals surface area contributed by atoms with Crippen molar-refractivity contribution in [1.29, 1.82) is 0 Å². The van der Waals surface area contributed by atoms with Crippen LogP contribution in [0.5, 0.6) is 5.75 Å². The van der Waals surface area contributed by atoms with Gasteiger partial charge in [0, 0.05) is 6.07 Å². The number of phenols is 1. The van der Waals surface area contributed by atoms with E-state index in [-0.39, 0.29) is 11.3 Å². The molecule has 3 nitrogen and oxygen atoms in total. The Bertz CT molecular complexity index is 641. The van der Waals surface area contributed by atoms with E-state index in [4.69, 9.17) is 0 Å². The minimum absolute atomic E-state index is 0.000625. The van der Waals surface area contributed by atoms with Gasteiger partial charge in [-0.3, -0.25) is 4.79 Å². The molecular formula is C14H11F2NO2. The quantitative estimate of drug-likeness (QED) is 0.873. The largest absolute Gasteiger partial charge is 0.507 e. The topological polar surface area (TPSA) is 49.3 Å². The zero-order chi connectivity index (χ0) is 14.0. The molecule has 0 radical (unpaired) electrons. The number of aromatic hydroxyl groups is 1. The lowest BCUT2D eigenvalue weighted by atomic mass is 10.1. The fourth-order valence-corrected chi connectivity index (χ4v) is 1.61. The van der Waals surface area contributed by atoms with E-state index in [1.165, 1.54) is 12.1 Å². The molecule has 0 saturated heterocycles. The Morgan fingerprint density at radius 1 is 1.16 bits per heavy atom. The molecule has 1 amide bonds. The molecular weight excluding hydrogens is 252 g/mol. The van der Waals surface area contributed by atoms with Gasteiger partial charge in [0.25, 0.3) is 5.91 Å². The lowest BCUT2D eigenvalue weighted by molar-refractivity contribution is 0.102. The van der Waals surface area contributed by atoms with Gasteiger partial charge in [-0.25, -0.2) is 8.78 Å². The van der Waals surface area contributed by atoms with Crippen LogP contribution < -0.4 is 5.32 Å². The Morgan fingerprint density at radius 3 is 2.53 bits per heavy atom. The van der Waals surface area contributed by atoms with Gasteiger partial charge in [0.15, 0.2) is 0 Å². The van der Waals surface area contributed by atoms with Crippen LogP contribution in [0.3, 0.4) is 0 Å². The summed E-state index contributed by atoms with van der Waals surface area (Å²) in [6.07, 6.45) is 0. The molecule has 5 heteroatoms. The second-order valence-corrected chi connectivity index (χ2v) is 4.10. The van der Waals surface area contributed by atoms with Crippen molar-refractivity contribution >= 4 is 11.6 Å². The molecule has 0 saturated carbocycles. The summed E-state index contributed by atoms with van der Waals surface area (Å²) in [6, 6.07) is 7.33. The van der Waals surface area contributed by atoms with Crippen LogP contribution in [0.15, 0.2) is 36.4 Å². The first kappa shape index (κ1) is 13.0. The summed E-state index contributed by atoms with van der Waals surface area (Å²) in [5.74, 6) is -2.43. The number of phenolic OH excluding ortho intramolecular Hbond substituents is 1. The molecule has 2 aromatic rings. The van der Waals surface area contributed by atoms with Crippen LogP contribution in [0.1, 0.15) is 15.9 Å². The normalized spacial score (nSPS) is 10.3. The first-order valence-electron chi connectivity index (χ1n) is 5.53. The van der Waals surface area contributed by atoms with E-state index in [1.54, 1.807) is 13.0 Å². The van der Waals surface area contributed by atoms with Crippen molar-refractivity contribution in [3.05, 3.63) is 59.2 Å². The Kier molecular flexibility index (Phi) is 3.46. The highest BCUT2D eigenvalue weighted by Gasteiger charge is 2.13. The van der Waals surface area contributed by atoms with E-state index >= 15 is 0 Å². The molecule has 2 aromatic carbocycles. The van der Waals surface area contributed by atoms with Gasteiger partial charge in [0.2, 0.25) is 0 Å². The van der Waals surface area contributed by atoms with Crippen molar-refractivity contribution in [2.45, 2.75) is 6.92 Å². The average molecular weight is 263 g/mol. The lowest BCUT2D eigenvalue weighted by Crippen LogP contribution is -2.13. The maximum absolute atomic E-state index is 13.6. The Labute approximate surface area is 108 Å². The van der Waals surface area contributed by atoms with Crippen LogP contribution in [0.4, 0.5) is 14.5 Å². The van der Waals surface area contributed by atoms with Crippen LogP contribution in [-0.4, -0.2) is 11.0 Å². The van der Waals surface area contributed by atoms with Crippen molar-refractivity contribution in [3.8, 4) is 5.75 Å². The number of amides is 1. The fraction of sp³-hybridized carbons (Fsp3) is 0.0714. The zero-order valence-electron chi connectivity index (χ0n) is 10.1. The maximum atomic E-state index is 13.6. The summed E-state index contributed by atoms with van der Waals surface area (Å²) in [5, 5.41) is 11.8. The summed E-state index contributed by atoms with van der Waals surface area (Å²) < 4.78 is 26.3. The molecule has 0 aliphatic rings. The van der Waals surface area contributed by atoms with Crippen LogP contribution in [-0.2, 0) is 0 Å². The van der Waals surface area contributed by atoms with E-state index in [9.17, 15) is 18.7 Å². The van der Waals surface area contributed by atoms with E-state index in [2.05, 4.69) is 5.32 Å². The van der Waals surface area contributed by atoms with Crippen molar-refractivity contribution in [2.24, 2.45) is 0 Å². The number of hydrogen-bond donors (Lipinski definition) is 2. The number of benzene rings is 2. The van der Waals surface area contributed by atoms with E-state index in [0.29, 0.717) is 0 Å². The Morgan fingerprint density at radius 2 is 1.89 bits per heavy atom. The third-order valence-electron chi connectivity index (χ3n) is 2.58. The fourth-order valence-electron chi connectivity index (χ4n) is 1.61. The summed E-state index contributed by atoms with van der Waals surface area (Å²) in [5.41, 5.74) is 0.598. The standard InChI is InChI=1S/C14H11F2NO2/c1-8-2-5-12(11(16)6-8)17-14(19)10-4-3-9(15)7-13(10)18/h2-7,18H,1H3,(H,17,19). The highest BCUT2D eigenvalue weighted by molar-refractivity contribution is 6.06. The van der Waals surface area contributed by atoms with Crippen molar-refractivity contribution < 1.29 is 18.7 Å². The molecule has 98 valence electrons. The van der Waals surface area contributed by atoms with E-state index in [0.717, 1.165) is 23.8 Å². The zero-order valence-corrected chi connectivity index (χ0v) is 10.1. The van der Waals surface area contributed by atoms with Gasteiger partial charge in [0.1, 0.15) is 17.4 Å². The number of carbonyl (C=O) groups is 1. The summed E-state index contributed by atoms with van der Waals surface area (Å²) >= 11 is 0. The molecule has 0 unspecified atom stereocenters. The van der Waals surface area contributed by atoms with Gasteiger partial charge in [-0.05, 0) is 36.8 Å². The number of anilines is 1. The summed E-state index contributed by atoms with van der Waals surface area (Å²) in [4.78, 5) is 11.8.